The van der Waals surface area contributed by atoms with E-state index in [1.165, 1.54) is 7.11 Å². The van der Waals surface area contributed by atoms with Gasteiger partial charge >= 0.3 is 6.09 Å². The zero-order valence-corrected chi connectivity index (χ0v) is 20.1. The Morgan fingerprint density at radius 1 is 1.23 bits per heavy atom. The Balaban J connectivity index is 0.00000320. The second kappa shape index (κ2) is 12.0. The SMILES string of the molecule is CN=C(NCc1cccc(CN2CCCC2=O)c1)NC1CCN(C(=O)OC)CC1.I. The normalized spacial score (nSPS) is 17.5. The molecule has 0 saturated carbocycles. The summed E-state index contributed by atoms with van der Waals surface area (Å²) in [4.78, 5) is 31.4. The van der Waals surface area contributed by atoms with Crippen LogP contribution in [0.1, 0.15) is 36.8 Å². The number of hydrogen-bond donors (Lipinski definition) is 2. The summed E-state index contributed by atoms with van der Waals surface area (Å²) >= 11 is 0. The van der Waals surface area contributed by atoms with Gasteiger partial charge in [-0.25, -0.2) is 4.79 Å². The number of guanidine groups is 1. The van der Waals surface area contributed by atoms with Crippen LogP contribution in [0, 0.1) is 0 Å². The minimum atomic E-state index is -0.263. The van der Waals surface area contributed by atoms with E-state index in [9.17, 15) is 9.59 Å². The van der Waals surface area contributed by atoms with E-state index in [2.05, 4.69) is 33.8 Å². The number of benzene rings is 1. The summed E-state index contributed by atoms with van der Waals surface area (Å²) in [7, 11) is 3.17. The molecule has 166 valence electrons. The largest absolute Gasteiger partial charge is 0.453 e. The van der Waals surface area contributed by atoms with Gasteiger partial charge in [0, 0.05) is 52.2 Å². The monoisotopic (exact) mass is 529 g/mol. The molecule has 1 aromatic carbocycles. The number of nitrogens with zero attached hydrogens (tertiary/aromatic N) is 3. The molecule has 2 aliphatic rings. The number of aliphatic imine (C=N–C) groups is 1. The second-order valence-corrected chi connectivity index (χ2v) is 7.54. The van der Waals surface area contributed by atoms with Crippen LogP contribution in [-0.2, 0) is 22.6 Å². The minimum Gasteiger partial charge on any atom is -0.453 e. The summed E-state index contributed by atoms with van der Waals surface area (Å²) in [6.07, 6.45) is 3.08. The van der Waals surface area contributed by atoms with Gasteiger partial charge < -0.3 is 25.2 Å². The van der Waals surface area contributed by atoms with E-state index >= 15 is 0 Å². The van der Waals surface area contributed by atoms with Gasteiger partial charge in [-0.1, -0.05) is 24.3 Å². The first-order valence-electron chi connectivity index (χ1n) is 10.2. The highest BCUT2D eigenvalue weighted by atomic mass is 127. The molecule has 0 bridgehead atoms. The molecule has 0 unspecified atom stereocenters. The van der Waals surface area contributed by atoms with Gasteiger partial charge in [0.2, 0.25) is 5.91 Å². The molecule has 2 aliphatic heterocycles. The van der Waals surface area contributed by atoms with Crippen LogP contribution in [0.4, 0.5) is 4.79 Å². The predicted molar refractivity (Wildman–Crippen MR) is 127 cm³/mol. The highest BCUT2D eigenvalue weighted by Crippen LogP contribution is 2.15. The van der Waals surface area contributed by atoms with Crippen molar-refractivity contribution in [3.05, 3.63) is 35.4 Å². The number of carbonyl (C=O) groups is 2. The van der Waals surface area contributed by atoms with Crippen molar-refractivity contribution in [3.8, 4) is 0 Å². The molecule has 2 fully saturated rings. The topological polar surface area (TPSA) is 86.3 Å². The van der Waals surface area contributed by atoms with Crippen LogP contribution < -0.4 is 10.6 Å². The predicted octanol–water partition coefficient (Wildman–Crippen LogP) is 2.32. The molecule has 0 aliphatic carbocycles. The van der Waals surface area contributed by atoms with Gasteiger partial charge in [-0.05, 0) is 30.4 Å². The van der Waals surface area contributed by atoms with Gasteiger partial charge in [-0.15, -0.1) is 24.0 Å². The van der Waals surface area contributed by atoms with E-state index in [1.54, 1.807) is 11.9 Å². The Kier molecular flexibility index (Phi) is 9.67. The number of amides is 2. The number of carbonyl (C=O) groups excluding carboxylic acids is 2. The maximum absolute atomic E-state index is 11.8. The molecule has 2 saturated heterocycles. The minimum absolute atomic E-state index is 0. The van der Waals surface area contributed by atoms with Gasteiger partial charge in [-0.3, -0.25) is 9.79 Å². The Hall–Kier alpha value is -2.04. The fourth-order valence-electron chi connectivity index (χ4n) is 3.84. The van der Waals surface area contributed by atoms with Crippen LogP contribution in [0.5, 0.6) is 0 Å². The molecule has 0 spiro atoms. The quantitative estimate of drug-likeness (QED) is 0.348. The maximum Gasteiger partial charge on any atom is 0.409 e. The summed E-state index contributed by atoms with van der Waals surface area (Å²) in [6, 6.07) is 8.59. The number of halogens is 1. The van der Waals surface area contributed by atoms with Crippen LogP contribution >= 0.6 is 24.0 Å². The Bertz CT molecular complexity index is 750. The van der Waals surface area contributed by atoms with Crippen LogP contribution in [0.25, 0.3) is 0 Å². The van der Waals surface area contributed by atoms with E-state index in [1.807, 2.05) is 11.0 Å². The Labute approximate surface area is 195 Å². The van der Waals surface area contributed by atoms with Crippen molar-refractivity contribution in [2.75, 3.05) is 33.8 Å². The lowest BCUT2D eigenvalue weighted by Crippen LogP contribution is -2.49. The molecule has 9 heteroatoms. The molecule has 30 heavy (non-hydrogen) atoms. The van der Waals surface area contributed by atoms with Crippen LogP contribution in [0.3, 0.4) is 0 Å². The van der Waals surface area contributed by atoms with Crippen molar-refractivity contribution in [1.29, 1.82) is 0 Å². The van der Waals surface area contributed by atoms with Crippen molar-refractivity contribution in [3.63, 3.8) is 0 Å². The summed E-state index contributed by atoms with van der Waals surface area (Å²) in [5.41, 5.74) is 2.30. The zero-order chi connectivity index (χ0) is 20.6. The van der Waals surface area contributed by atoms with Gasteiger partial charge in [0.1, 0.15) is 0 Å². The molecular weight excluding hydrogens is 497 g/mol. The lowest BCUT2D eigenvalue weighted by atomic mass is 10.1. The van der Waals surface area contributed by atoms with Gasteiger partial charge in [0.15, 0.2) is 5.96 Å². The average Bonchev–Trinajstić information content (AvgIpc) is 3.15. The van der Waals surface area contributed by atoms with E-state index in [0.29, 0.717) is 32.6 Å². The summed E-state index contributed by atoms with van der Waals surface area (Å²) < 4.78 is 4.78. The van der Waals surface area contributed by atoms with Gasteiger partial charge in [0.05, 0.1) is 7.11 Å². The molecule has 2 N–H and O–H groups in total. The molecule has 1 aromatic rings. The zero-order valence-electron chi connectivity index (χ0n) is 17.7. The summed E-state index contributed by atoms with van der Waals surface area (Å²) in [5, 5.41) is 6.80. The highest BCUT2D eigenvalue weighted by molar-refractivity contribution is 14.0. The summed E-state index contributed by atoms with van der Waals surface area (Å²) in [5.74, 6) is 0.998. The van der Waals surface area contributed by atoms with E-state index in [4.69, 9.17) is 4.74 Å². The number of ether oxygens (including phenoxy) is 1. The van der Waals surface area contributed by atoms with Crippen molar-refractivity contribution in [1.82, 2.24) is 20.4 Å². The maximum atomic E-state index is 11.8. The molecule has 8 nitrogen and oxygen atoms in total. The van der Waals surface area contributed by atoms with Crippen LogP contribution in [0.2, 0.25) is 0 Å². The van der Waals surface area contributed by atoms with Crippen molar-refractivity contribution >= 4 is 41.9 Å². The lowest BCUT2D eigenvalue weighted by Gasteiger charge is -2.32. The molecule has 0 radical (unpaired) electrons. The molecule has 0 aromatic heterocycles. The van der Waals surface area contributed by atoms with Crippen LogP contribution in [-0.4, -0.2) is 67.6 Å². The Morgan fingerprint density at radius 3 is 2.60 bits per heavy atom. The first kappa shape index (κ1) is 24.2. The third-order valence-corrected chi connectivity index (χ3v) is 5.49. The fraction of sp³-hybridized carbons (Fsp3) is 0.571. The smallest absolute Gasteiger partial charge is 0.409 e. The van der Waals surface area contributed by atoms with Crippen molar-refractivity contribution in [2.45, 2.75) is 44.8 Å². The lowest BCUT2D eigenvalue weighted by molar-refractivity contribution is -0.128. The first-order valence-corrected chi connectivity index (χ1v) is 10.2. The van der Waals surface area contributed by atoms with Crippen LogP contribution in [0.15, 0.2) is 29.3 Å². The van der Waals surface area contributed by atoms with E-state index in [0.717, 1.165) is 42.9 Å². The standard InChI is InChI=1S/C21H31N5O3.HI/c1-22-20(24-18-8-11-25(12-9-18)21(28)29-2)23-14-16-5-3-6-17(13-16)15-26-10-4-7-19(26)27;/h3,5-6,13,18H,4,7-12,14-15H2,1-2H3,(H2,22,23,24);1H. The molecule has 3 rings (SSSR count). The third-order valence-electron chi connectivity index (χ3n) is 5.49. The van der Waals surface area contributed by atoms with E-state index < -0.39 is 0 Å². The number of rotatable bonds is 5. The third kappa shape index (κ3) is 6.75. The van der Waals surface area contributed by atoms with Gasteiger partial charge in [-0.2, -0.15) is 0 Å². The number of hydrogen-bond acceptors (Lipinski definition) is 4. The van der Waals surface area contributed by atoms with Crippen molar-refractivity contribution in [2.24, 2.45) is 4.99 Å². The highest BCUT2D eigenvalue weighted by Gasteiger charge is 2.23. The average molecular weight is 529 g/mol. The van der Waals surface area contributed by atoms with Crippen molar-refractivity contribution < 1.29 is 14.3 Å². The van der Waals surface area contributed by atoms with Gasteiger partial charge in [0.25, 0.3) is 0 Å². The Morgan fingerprint density at radius 2 is 1.97 bits per heavy atom. The first-order chi connectivity index (χ1) is 14.1. The number of methoxy groups -OCH3 is 1. The molecule has 0 atom stereocenters. The summed E-state index contributed by atoms with van der Waals surface area (Å²) in [6.45, 7) is 3.55. The van der Waals surface area contributed by atoms with E-state index in [-0.39, 0.29) is 42.0 Å². The molecule has 2 amide bonds. The number of piperidine rings is 1. The number of nitrogens with one attached hydrogen (secondary N) is 2. The fourth-order valence-corrected chi connectivity index (χ4v) is 3.84. The molecular formula is C21H32IN5O3. The number of likely N-dealkylation sites (tertiary alicyclic amines) is 2. The second-order valence-electron chi connectivity index (χ2n) is 7.54. The molecule has 2 heterocycles.